The number of aliphatic hydroxyl groups is 1. The third kappa shape index (κ3) is 4.63. The Labute approximate surface area is 138 Å². The van der Waals surface area contributed by atoms with Gasteiger partial charge in [-0.1, -0.05) is 18.2 Å². The number of benzene rings is 2. The summed E-state index contributed by atoms with van der Waals surface area (Å²) in [6.45, 7) is -0.0325. The standard InChI is InChI=1S/C18H17F2NO3/c1-24-13-7-5-12(6-8-13)17(22)11-21-18(23)10-9-14-15(19)3-2-4-16(14)20/h2-10,17,22H,11H2,1H3,(H,21,23)/b10-9+. The molecule has 1 amide bonds. The summed E-state index contributed by atoms with van der Waals surface area (Å²) in [4.78, 5) is 11.7. The van der Waals surface area contributed by atoms with Crippen LogP contribution in [0.5, 0.6) is 5.75 Å². The minimum absolute atomic E-state index is 0.0325. The number of nitrogens with one attached hydrogen (secondary N) is 1. The molecule has 4 nitrogen and oxygen atoms in total. The number of aliphatic hydroxyl groups excluding tert-OH is 1. The Hall–Kier alpha value is -2.73. The number of rotatable bonds is 6. The van der Waals surface area contributed by atoms with E-state index in [0.29, 0.717) is 11.3 Å². The van der Waals surface area contributed by atoms with Gasteiger partial charge in [0.25, 0.3) is 0 Å². The molecule has 0 aliphatic carbocycles. The lowest BCUT2D eigenvalue weighted by Crippen LogP contribution is -2.26. The average Bonchev–Trinajstić information content (AvgIpc) is 2.59. The second kappa shape index (κ2) is 8.21. The van der Waals surface area contributed by atoms with Crippen molar-refractivity contribution >= 4 is 12.0 Å². The number of amides is 1. The molecule has 0 radical (unpaired) electrons. The molecule has 0 aliphatic heterocycles. The van der Waals surface area contributed by atoms with E-state index in [-0.39, 0.29) is 12.1 Å². The van der Waals surface area contributed by atoms with Crippen LogP contribution in [-0.4, -0.2) is 24.7 Å². The summed E-state index contributed by atoms with van der Waals surface area (Å²) in [6.07, 6.45) is 1.17. The van der Waals surface area contributed by atoms with Gasteiger partial charge in [-0.15, -0.1) is 0 Å². The number of hydrogen-bond donors (Lipinski definition) is 2. The van der Waals surface area contributed by atoms with Gasteiger partial charge in [0.2, 0.25) is 5.91 Å². The van der Waals surface area contributed by atoms with Gasteiger partial charge in [0.05, 0.1) is 13.2 Å². The molecule has 2 aromatic rings. The fourth-order valence-electron chi connectivity index (χ4n) is 2.03. The molecule has 0 saturated carbocycles. The number of hydrogen-bond acceptors (Lipinski definition) is 3. The largest absolute Gasteiger partial charge is 0.497 e. The molecule has 0 bridgehead atoms. The van der Waals surface area contributed by atoms with Gasteiger partial charge in [-0.2, -0.15) is 0 Å². The fraction of sp³-hybridized carbons (Fsp3) is 0.167. The Kier molecular flexibility index (Phi) is 6.03. The molecule has 0 heterocycles. The van der Waals surface area contributed by atoms with Gasteiger partial charge in [0.15, 0.2) is 0 Å². The topological polar surface area (TPSA) is 58.6 Å². The smallest absolute Gasteiger partial charge is 0.244 e. The van der Waals surface area contributed by atoms with Crippen molar-refractivity contribution in [2.45, 2.75) is 6.10 Å². The predicted molar refractivity (Wildman–Crippen MR) is 86.4 cm³/mol. The van der Waals surface area contributed by atoms with E-state index in [2.05, 4.69) is 5.32 Å². The second-order valence-electron chi connectivity index (χ2n) is 5.00. The molecule has 1 unspecified atom stereocenters. The van der Waals surface area contributed by atoms with Crippen molar-refractivity contribution < 1.29 is 23.4 Å². The Morgan fingerprint density at radius 3 is 2.42 bits per heavy atom. The molecule has 126 valence electrons. The van der Waals surface area contributed by atoms with Crippen LogP contribution in [0.4, 0.5) is 8.78 Å². The second-order valence-corrected chi connectivity index (χ2v) is 5.00. The van der Waals surface area contributed by atoms with Gasteiger partial charge in [-0.05, 0) is 35.9 Å². The van der Waals surface area contributed by atoms with Crippen molar-refractivity contribution in [2.24, 2.45) is 0 Å². The number of carbonyl (C=O) groups is 1. The normalized spacial score (nSPS) is 12.2. The van der Waals surface area contributed by atoms with Crippen LogP contribution in [0.15, 0.2) is 48.5 Å². The Morgan fingerprint density at radius 2 is 1.83 bits per heavy atom. The lowest BCUT2D eigenvalue weighted by molar-refractivity contribution is -0.116. The highest BCUT2D eigenvalue weighted by Crippen LogP contribution is 2.17. The number of methoxy groups -OCH3 is 1. The monoisotopic (exact) mass is 333 g/mol. The van der Waals surface area contributed by atoms with E-state index in [0.717, 1.165) is 24.3 Å². The van der Waals surface area contributed by atoms with Crippen LogP contribution in [0.1, 0.15) is 17.2 Å². The highest BCUT2D eigenvalue weighted by molar-refractivity contribution is 5.91. The SMILES string of the molecule is COc1ccc(C(O)CNC(=O)/C=C/c2c(F)cccc2F)cc1. The summed E-state index contributed by atoms with van der Waals surface area (Å²) in [5.41, 5.74) is 0.323. The Balaban J connectivity index is 1.91. The first-order valence-corrected chi connectivity index (χ1v) is 7.23. The van der Waals surface area contributed by atoms with Gasteiger partial charge < -0.3 is 15.2 Å². The van der Waals surface area contributed by atoms with Crippen LogP contribution in [0.3, 0.4) is 0 Å². The summed E-state index contributed by atoms with van der Waals surface area (Å²) < 4.78 is 31.9. The number of carbonyl (C=O) groups excluding carboxylic acids is 1. The third-order valence-corrected chi connectivity index (χ3v) is 3.37. The van der Waals surface area contributed by atoms with Crippen LogP contribution >= 0.6 is 0 Å². The highest BCUT2D eigenvalue weighted by Gasteiger charge is 2.09. The van der Waals surface area contributed by atoms with Gasteiger partial charge in [-0.3, -0.25) is 4.79 Å². The van der Waals surface area contributed by atoms with Crippen LogP contribution in [0.2, 0.25) is 0 Å². The summed E-state index contributed by atoms with van der Waals surface area (Å²) in [6, 6.07) is 10.2. The van der Waals surface area contributed by atoms with E-state index < -0.39 is 23.6 Å². The van der Waals surface area contributed by atoms with Gasteiger partial charge in [0.1, 0.15) is 17.4 Å². The summed E-state index contributed by atoms with van der Waals surface area (Å²) >= 11 is 0. The zero-order valence-electron chi connectivity index (χ0n) is 13.0. The van der Waals surface area contributed by atoms with Crippen LogP contribution in [0, 0.1) is 11.6 Å². The zero-order valence-corrected chi connectivity index (χ0v) is 13.0. The molecular weight excluding hydrogens is 316 g/mol. The van der Waals surface area contributed by atoms with Crippen molar-refractivity contribution in [3.63, 3.8) is 0 Å². The molecular formula is C18H17F2NO3. The van der Waals surface area contributed by atoms with E-state index in [1.54, 1.807) is 24.3 Å². The zero-order chi connectivity index (χ0) is 17.5. The van der Waals surface area contributed by atoms with Gasteiger partial charge in [-0.25, -0.2) is 8.78 Å². The van der Waals surface area contributed by atoms with Crippen molar-refractivity contribution in [1.82, 2.24) is 5.32 Å². The van der Waals surface area contributed by atoms with E-state index in [4.69, 9.17) is 4.74 Å². The first-order chi connectivity index (χ1) is 11.5. The number of ether oxygens (including phenoxy) is 1. The molecule has 2 N–H and O–H groups in total. The summed E-state index contributed by atoms with van der Waals surface area (Å²) in [5, 5.41) is 12.5. The van der Waals surface area contributed by atoms with Crippen LogP contribution < -0.4 is 10.1 Å². The number of halogens is 2. The average molecular weight is 333 g/mol. The van der Waals surface area contributed by atoms with Crippen LogP contribution in [0.25, 0.3) is 6.08 Å². The first-order valence-electron chi connectivity index (χ1n) is 7.23. The van der Waals surface area contributed by atoms with Crippen LogP contribution in [-0.2, 0) is 4.79 Å². The molecule has 0 saturated heterocycles. The maximum absolute atomic E-state index is 13.4. The predicted octanol–water partition coefficient (Wildman–Crippen LogP) is 2.84. The molecule has 24 heavy (non-hydrogen) atoms. The molecule has 1 atom stereocenters. The minimum Gasteiger partial charge on any atom is -0.497 e. The molecule has 2 aromatic carbocycles. The Morgan fingerprint density at radius 1 is 1.21 bits per heavy atom. The molecule has 0 aromatic heterocycles. The minimum atomic E-state index is -0.904. The molecule has 0 fully saturated rings. The van der Waals surface area contributed by atoms with Crippen molar-refractivity contribution in [3.8, 4) is 5.75 Å². The molecule has 0 aliphatic rings. The first kappa shape index (κ1) is 17.6. The van der Waals surface area contributed by atoms with Crippen molar-refractivity contribution in [1.29, 1.82) is 0 Å². The van der Waals surface area contributed by atoms with Gasteiger partial charge in [0, 0.05) is 18.2 Å². The van der Waals surface area contributed by atoms with E-state index in [1.807, 2.05) is 0 Å². The van der Waals surface area contributed by atoms with E-state index in [1.165, 1.54) is 13.2 Å². The van der Waals surface area contributed by atoms with Crippen molar-refractivity contribution in [2.75, 3.05) is 13.7 Å². The summed E-state index contributed by atoms with van der Waals surface area (Å²) in [7, 11) is 1.54. The van der Waals surface area contributed by atoms with Gasteiger partial charge >= 0.3 is 0 Å². The highest BCUT2D eigenvalue weighted by atomic mass is 19.1. The van der Waals surface area contributed by atoms with E-state index >= 15 is 0 Å². The van der Waals surface area contributed by atoms with Crippen molar-refractivity contribution in [3.05, 3.63) is 71.3 Å². The maximum Gasteiger partial charge on any atom is 0.244 e. The lowest BCUT2D eigenvalue weighted by atomic mass is 10.1. The molecule has 6 heteroatoms. The Bertz CT molecular complexity index is 709. The molecule has 2 rings (SSSR count). The fourth-order valence-corrected chi connectivity index (χ4v) is 2.03. The summed E-state index contributed by atoms with van der Waals surface area (Å²) in [5.74, 6) is -1.41. The lowest BCUT2D eigenvalue weighted by Gasteiger charge is -2.12. The third-order valence-electron chi connectivity index (χ3n) is 3.37. The molecule has 0 spiro atoms. The maximum atomic E-state index is 13.4. The van der Waals surface area contributed by atoms with E-state index in [9.17, 15) is 18.7 Å². The quantitative estimate of drug-likeness (QED) is 0.799.